The fraction of sp³-hybridized carbons (Fsp3) is 0.609. The highest BCUT2D eigenvalue weighted by Crippen LogP contribution is 2.34. The number of aryl methyl sites for hydroxylation is 2. The van der Waals surface area contributed by atoms with Crippen molar-refractivity contribution in [3.8, 4) is 0 Å². The van der Waals surface area contributed by atoms with Crippen LogP contribution in [-0.2, 0) is 24.2 Å². The summed E-state index contributed by atoms with van der Waals surface area (Å²) in [7, 11) is 0. The Balaban J connectivity index is 1.51. The van der Waals surface area contributed by atoms with Crippen LogP contribution in [0.2, 0.25) is 0 Å². The summed E-state index contributed by atoms with van der Waals surface area (Å²) in [5.41, 5.74) is 1.23. The van der Waals surface area contributed by atoms with Crippen molar-refractivity contribution in [3.05, 3.63) is 33.4 Å². The lowest BCUT2D eigenvalue weighted by molar-refractivity contribution is -0.118. The molecule has 0 aliphatic heterocycles. The van der Waals surface area contributed by atoms with Gasteiger partial charge in [-0.2, -0.15) is 0 Å². The molecule has 1 amide bonds. The van der Waals surface area contributed by atoms with E-state index < -0.39 is 0 Å². The third kappa shape index (κ3) is 4.83. The van der Waals surface area contributed by atoms with Crippen LogP contribution in [0.3, 0.4) is 0 Å². The third-order valence-electron chi connectivity index (χ3n) is 6.25. The standard InChI is InChI=1S/C23H31N3O2S2/c1-2-13-26-22(28)20-17-11-7-4-8-12-18(17)30-21(20)25-23(26)29-15-19(27)24-14-16-9-5-3-6-10-16/h2,16H,1,3-15H2,(H,24,27). The molecular formula is C23H31N3O2S2. The van der Waals surface area contributed by atoms with Gasteiger partial charge >= 0.3 is 0 Å². The number of carbonyl (C=O) groups is 1. The van der Waals surface area contributed by atoms with Crippen molar-refractivity contribution in [2.24, 2.45) is 5.92 Å². The number of rotatable bonds is 7. The number of nitrogens with zero attached hydrogens (tertiary/aromatic N) is 2. The predicted octanol–water partition coefficient (Wildman–Crippen LogP) is 4.70. The zero-order valence-corrected chi connectivity index (χ0v) is 19.2. The second kappa shape index (κ2) is 10.1. The lowest BCUT2D eigenvalue weighted by Gasteiger charge is -2.21. The third-order valence-corrected chi connectivity index (χ3v) is 8.41. The molecule has 0 bridgehead atoms. The molecule has 5 nitrogen and oxygen atoms in total. The lowest BCUT2D eigenvalue weighted by Crippen LogP contribution is -2.31. The summed E-state index contributed by atoms with van der Waals surface area (Å²) in [4.78, 5) is 32.7. The number of hydrogen-bond acceptors (Lipinski definition) is 5. The van der Waals surface area contributed by atoms with Gasteiger partial charge in [-0.3, -0.25) is 14.2 Å². The summed E-state index contributed by atoms with van der Waals surface area (Å²) < 4.78 is 1.69. The maximum atomic E-state index is 13.3. The molecule has 30 heavy (non-hydrogen) atoms. The molecule has 2 aromatic rings. The van der Waals surface area contributed by atoms with E-state index in [2.05, 4.69) is 11.9 Å². The van der Waals surface area contributed by atoms with Crippen LogP contribution in [0.5, 0.6) is 0 Å². The summed E-state index contributed by atoms with van der Waals surface area (Å²) in [6.07, 6.45) is 13.6. The van der Waals surface area contributed by atoms with Crippen LogP contribution in [-0.4, -0.2) is 27.8 Å². The van der Waals surface area contributed by atoms with Crippen molar-refractivity contribution in [3.63, 3.8) is 0 Å². The molecule has 2 aromatic heterocycles. The largest absolute Gasteiger partial charge is 0.355 e. The summed E-state index contributed by atoms with van der Waals surface area (Å²) in [6, 6.07) is 0. The summed E-state index contributed by atoms with van der Waals surface area (Å²) in [6.45, 7) is 4.99. The molecular weight excluding hydrogens is 414 g/mol. The minimum Gasteiger partial charge on any atom is -0.355 e. The zero-order valence-electron chi connectivity index (χ0n) is 17.6. The van der Waals surface area contributed by atoms with Gasteiger partial charge in [0.1, 0.15) is 4.83 Å². The Morgan fingerprint density at radius 3 is 2.77 bits per heavy atom. The molecule has 7 heteroatoms. The number of fused-ring (bicyclic) bond motifs is 3. The Kier molecular flexibility index (Phi) is 7.31. The molecule has 1 fully saturated rings. The molecule has 0 radical (unpaired) electrons. The van der Waals surface area contributed by atoms with Crippen LogP contribution in [0.4, 0.5) is 0 Å². The van der Waals surface area contributed by atoms with Gasteiger partial charge < -0.3 is 5.32 Å². The highest BCUT2D eigenvalue weighted by atomic mass is 32.2. The van der Waals surface area contributed by atoms with Gasteiger partial charge in [-0.05, 0) is 50.0 Å². The van der Waals surface area contributed by atoms with E-state index >= 15 is 0 Å². The average molecular weight is 446 g/mol. The first-order chi connectivity index (χ1) is 14.7. The van der Waals surface area contributed by atoms with E-state index in [4.69, 9.17) is 4.98 Å². The van der Waals surface area contributed by atoms with Gasteiger partial charge in [-0.1, -0.05) is 43.5 Å². The van der Waals surface area contributed by atoms with Gasteiger partial charge in [-0.25, -0.2) is 4.98 Å². The minimum absolute atomic E-state index is 0.0180. The average Bonchev–Trinajstić information content (AvgIpc) is 2.95. The Bertz CT molecular complexity index is 973. The highest BCUT2D eigenvalue weighted by Gasteiger charge is 2.22. The van der Waals surface area contributed by atoms with E-state index in [9.17, 15) is 9.59 Å². The second-order valence-electron chi connectivity index (χ2n) is 8.44. The van der Waals surface area contributed by atoms with E-state index in [0.29, 0.717) is 17.6 Å². The normalized spacial score (nSPS) is 17.5. The second-order valence-corrected chi connectivity index (χ2v) is 10.5. The number of carbonyl (C=O) groups excluding carboxylic acids is 1. The van der Waals surface area contributed by atoms with Crippen LogP contribution in [0.1, 0.15) is 61.8 Å². The first-order valence-corrected chi connectivity index (χ1v) is 13.0. The summed E-state index contributed by atoms with van der Waals surface area (Å²) in [5, 5.41) is 4.50. The summed E-state index contributed by atoms with van der Waals surface area (Å²) in [5.74, 6) is 0.919. The Morgan fingerprint density at radius 1 is 1.20 bits per heavy atom. The molecule has 2 aliphatic rings. The number of amides is 1. The van der Waals surface area contributed by atoms with E-state index in [-0.39, 0.29) is 17.2 Å². The van der Waals surface area contributed by atoms with E-state index in [1.54, 1.807) is 22.0 Å². The van der Waals surface area contributed by atoms with Crippen molar-refractivity contribution >= 4 is 39.2 Å². The number of thioether (sulfide) groups is 1. The fourth-order valence-corrected chi connectivity index (χ4v) is 6.77. The maximum Gasteiger partial charge on any atom is 0.263 e. The smallest absolute Gasteiger partial charge is 0.263 e. The van der Waals surface area contributed by atoms with E-state index in [1.165, 1.54) is 67.1 Å². The molecule has 0 aromatic carbocycles. The Hall–Kier alpha value is -1.60. The van der Waals surface area contributed by atoms with Crippen LogP contribution in [0, 0.1) is 5.92 Å². The van der Waals surface area contributed by atoms with Crippen molar-refractivity contribution in [2.75, 3.05) is 12.3 Å². The SMILES string of the molecule is C=CCn1c(SCC(=O)NCC2CCCCC2)nc2sc3c(c2c1=O)CCCCC3. The van der Waals surface area contributed by atoms with Crippen molar-refractivity contribution in [1.82, 2.24) is 14.9 Å². The van der Waals surface area contributed by atoms with E-state index in [0.717, 1.165) is 36.0 Å². The molecule has 0 atom stereocenters. The Morgan fingerprint density at radius 2 is 1.97 bits per heavy atom. The first kappa shape index (κ1) is 21.6. The number of thiophene rings is 1. The molecule has 0 spiro atoms. The molecule has 162 valence electrons. The van der Waals surface area contributed by atoms with Gasteiger partial charge in [-0.15, -0.1) is 17.9 Å². The summed E-state index contributed by atoms with van der Waals surface area (Å²) >= 11 is 3.03. The van der Waals surface area contributed by atoms with Gasteiger partial charge in [0.15, 0.2) is 5.16 Å². The van der Waals surface area contributed by atoms with Crippen LogP contribution >= 0.6 is 23.1 Å². The van der Waals surface area contributed by atoms with Gasteiger partial charge in [0.25, 0.3) is 5.56 Å². The van der Waals surface area contributed by atoms with Gasteiger partial charge in [0.2, 0.25) is 5.91 Å². The predicted molar refractivity (Wildman–Crippen MR) is 126 cm³/mol. The van der Waals surface area contributed by atoms with Crippen molar-refractivity contribution in [1.29, 1.82) is 0 Å². The number of aromatic nitrogens is 2. The van der Waals surface area contributed by atoms with Gasteiger partial charge in [0, 0.05) is 18.0 Å². The van der Waals surface area contributed by atoms with Crippen molar-refractivity contribution in [2.45, 2.75) is 75.9 Å². The number of hydrogen-bond donors (Lipinski definition) is 1. The van der Waals surface area contributed by atoms with Crippen LogP contribution in [0.25, 0.3) is 10.2 Å². The molecule has 2 aliphatic carbocycles. The van der Waals surface area contributed by atoms with Crippen LogP contribution in [0.15, 0.2) is 22.6 Å². The molecule has 2 heterocycles. The highest BCUT2D eigenvalue weighted by molar-refractivity contribution is 7.99. The monoisotopic (exact) mass is 445 g/mol. The lowest BCUT2D eigenvalue weighted by atomic mass is 9.89. The Labute approximate surface area is 186 Å². The maximum absolute atomic E-state index is 13.3. The van der Waals surface area contributed by atoms with Gasteiger partial charge in [0.05, 0.1) is 11.1 Å². The van der Waals surface area contributed by atoms with E-state index in [1.807, 2.05) is 0 Å². The topological polar surface area (TPSA) is 64.0 Å². The zero-order chi connectivity index (χ0) is 20.9. The quantitative estimate of drug-likeness (QED) is 0.290. The first-order valence-electron chi connectivity index (χ1n) is 11.2. The number of allylic oxidation sites excluding steroid dienone is 1. The molecule has 0 saturated heterocycles. The minimum atomic E-state index is 0.0180. The molecule has 0 unspecified atom stereocenters. The van der Waals surface area contributed by atoms with Crippen LogP contribution < -0.4 is 10.9 Å². The molecule has 1 saturated carbocycles. The molecule has 4 rings (SSSR count). The number of nitrogens with one attached hydrogen (secondary N) is 1. The van der Waals surface area contributed by atoms with Crippen molar-refractivity contribution < 1.29 is 4.79 Å². The fourth-order valence-electron chi connectivity index (χ4n) is 4.63. The molecule has 1 N–H and O–H groups in total.